The number of hydrogen-bond acceptors (Lipinski definition) is 4. The van der Waals surface area contributed by atoms with Gasteiger partial charge >= 0.3 is 0 Å². The van der Waals surface area contributed by atoms with E-state index in [9.17, 15) is 13.5 Å². The minimum atomic E-state index is -3.45. The first-order valence-electron chi connectivity index (χ1n) is 7.41. The van der Waals surface area contributed by atoms with Gasteiger partial charge in [0.05, 0.1) is 9.39 Å². The van der Waals surface area contributed by atoms with Gasteiger partial charge in [-0.3, -0.25) is 0 Å². The first-order valence-corrected chi connectivity index (χ1v) is 10.5. The van der Waals surface area contributed by atoms with Gasteiger partial charge in [-0.2, -0.15) is 4.31 Å². The van der Waals surface area contributed by atoms with Gasteiger partial charge in [-0.15, -0.1) is 11.3 Å². The summed E-state index contributed by atoms with van der Waals surface area (Å²) < 4.78 is 27.8. The van der Waals surface area contributed by atoms with E-state index in [-0.39, 0.29) is 0 Å². The number of piperidine rings is 1. The van der Waals surface area contributed by atoms with Crippen molar-refractivity contribution in [3.8, 4) is 0 Å². The second-order valence-electron chi connectivity index (χ2n) is 5.85. The van der Waals surface area contributed by atoms with E-state index in [4.69, 9.17) is 0 Å². The van der Waals surface area contributed by atoms with E-state index in [1.807, 2.05) is 30.3 Å². The van der Waals surface area contributed by atoms with Crippen LogP contribution in [0.25, 0.3) is 0 Å². The summed E-state index contributed by atoms with van der Waals surface area (Å²) in [6, 6.07) is 13.2. The van der Waals surface area contributed by atoms with Gasteiger partial charge in [0.2, 0.25) is 0 Å². The number of sulfonamides is 1. The maximum atomic E-state index is 12.6. The fraction of sp³-hybridized carbons (Fsp3) is 0.375. The lowest BCUT2D eigenvalue weighted by molar-refractivity contribution is -0.00437. The fourth-order valence-corrected chi connectivity index (χ4v) is 6.46. The molecule has 4 nitrogen and oxygen atoms in total. The Kier molecular flexibility index (Phi) is 4.94. The second-order valence-corrected chi connectivity index (χ2v) is 10.5. The van der Waals surface area contributed by atoms with E-state index in [2.05, 4.69) is 15.9 Å². The zero-order valence-electron chi connectivity index (χ0n) is 12.5. The maximum Gasteiger partial charge on any atom is 0.252 e. The van der Waals surface area contributed by atoms with E-state index in [1.165, 1.54) is 15.6 Å². The zero-order chi connectivity index (χ0) is 16.5. The number of thiophene rings is 1. The lowest BCUT2D eigenvalue weighted by Gasteiger charge is -2.37. The Morgan fingerprint density at radius 3 is 2.35 bits per heavy atom. The third kappa shape index (κ3) is 3.85. The summed E-state index contributed by atoms with van der Waals surface area (Å²) in [5, 5.41) is 10.8. The number of rotatable bonds is 4. The molecule has 1 N–H and O–H groups in total. The number of benzene rings is 1. The lowest BCUT2D eigenvalue weighted by Crippen LogP contribution is -2.47. The molecule has 3 rings (SSSR count). The van der Waals surface area contributed by atoms with Gasteiger partial charge in [-0.05, 0) is 46.5 Å². The van der Waals surface area contributed by atoms with Crippen molar-refractivity contribution in [2.75, 3.05) is 13.1 Å². The van der Waals surface area contributed by atoms with Crippen LogP contribution in [0.5, 0.6) is 0 Å². The van der Waals surface area contributed by atoms with Crippen molar-refractivity contribution < 1.29 is 13.5 Å². The van der Waals surface area contributed by atoms with E-state index < -0.39 is 15.6 Å². The Balaban J connectivity index is 1.68. The highest BCUT2D eigenvalue weighted by Crippen LogP contribution is 2.33. The molecule has 0 aliphatic carbocycles. The van der Waals surface area contributed by atoms with E-state index >= 15 is 0 Å². The molecule has 0 bridgehead atoms. The van der Waals surface area contributed by atoms with Crippen molar-refractivity contribution in [2.45, 2.75) is 29.1 Å². The van der Waals surface area contributed by atoms with Crippen molar-refractivity contribution in [3.63, 3.8) is 0 Å². The third-order valence-corrected chi connectivity index (χ3v) is 8.16. The number of aliphatic hydroxyl groups is 1. The molecule has 1 aliphatic heterocycles. The molecule has 0 spiro atoms. The van der Waals surface area contributed by atoms with Gasteiger partial charge in [0.1, 0.15) is 4.21 Å². The van der Waals surface area contributed by atoms with Crippen LogP contribution >= 0.6 is 27.3 Å². The van der Waals surface area contributed by atoms with Crippen LogP contribution in [0, 0.1) is 0 Å². The monoisotopic (exact) mass is 415 g/mol. The standard InChI is InChI=1S/C16H18BrNO3S2/c17-14-6-7-15(22-14)23(20,21)18-10-8-16(19,9-11-18)12-13-4-2-1-3-5-13/h1-7,19H,8-12H2. The molecule has 1 aromatic carbocycles. The lowest BCUT2D eigenvalue weighted by atomic mass is 9.86. The molecule has 0 unspecified atom stereocenters. The Morgan fingerprint density at radius 2 is 1.78 bits per heavy atom. The quantitative estimate of drug-likeness (QED) is 0.833. The highest BCUT2D eigenvalue weighted by molar-refractivity contribution is 9.11. The largest absolute Gasteiger partial charge is 0.389 e. The van der Waals surface area contributed by atoms with Crippen molar-refractivity contribution >= 4 is 37.3 Å². The summed E-state index contributed by atoms with van der Waals surface area (Å²) >= 11 is 4.51. The number of halogens is 1. The molecule has 0 radical (unpaired) electrons. The van der Waals surface area contributed by atoms with Crippen LogP contribution in [0.15, 0.2) is 50.5 Å². The Hall–Kier alpha value is -0.730. The van der Waals surface area contributed by atoms with Gasteiger partial charge in [-0.25, -0.2) is 8.42 Å². The topological polar surface area (TPSA) is 57.6 Å². The van der Waals surface area contributed by atoms with Crippen molar-refractivity contribution in [1.82, 2.24) is 4.31 Å². The first kappa shape index (κ1) is 17.1. The summed E-state index contributed by atoms with van der Waals surface area (Å²) in [5.74, 6) is 0. The summed E-state index contributed by atoms with van der Waals surface area (Å²) in [5.41, 5.74) is 0.247. The molecule has 7 heteroatoms. The molecule has 1 aliphatic rings. The van der Waals surface area contributed by atoms with Gasteiger partial charge < -0.3 is 5.11 Å². The van der Waals surface area contributed by atoms with Crippen LogP contribution in [-0.4, -0.2) is 36.5 Å². The van der Waals surface area contributed by atoms with Crippen molar-refractivity contribution in [1.29, 1.82) is 0 Å². The van der Waals surface area contributed by atoms with Crippen LogP contribution in [0.1, 0.15) is 18.4 Å². The van der Waals surface area contributed by atoms with Crippen LogP contribution in [0.2, 0.25) is 0 Å². The highest BCUT2D eigenvalue weighted by Gasteiger charge is 2.37. The van der Waals surface area contributed by atoms with Crippen molar-refractivity contribution in [2.24, 2.45) is 0 Å². The molecule has 0 amide bonds. The fourth-order valence-electron chi connectivity index (χ4n) is 2.86. The number of hydrogen-bond donors (Lipinski definition) is 1. The van der Waals surface area contributed by atoms with Crippen LogP contribution in [0.4, 0.5) is 0 Å². The van der Waals surface area contributed by atoms with E-state index in [0.29, 0.717) is 36.6 Å². The average molecular weight is 416 g/mol. The molecule has 0 atom stereocenters. The van der Waals surface area contributed by atoms with Crippen molar-refractivity contribution in [3.05, 3.63) is 51.8 Å². The summed E-state index contributed by atoms with van der Waals surface area (Å²) in [6.45, 7) is 0.697. The highest BCUT2D eigenvalue weighted by atomic mass is 79.9. The number of nitrogens with zero attached hydrogens (tertiary/aromatic N) is 1. The van der Waals surface area contributed by atoms with Crippen LogP contribution in [0.3, 0.4) is 0 Å². The Bertz CT molecular complexity index is 766. The molecule has 1 fully saturated rings. The predicted molar refractivity (Wildman–Crippen MR) is 95.1 cm³/mol. The minimum Gasteiger partial charge on any atom is -0.389 e. The maximum absolute atomic E-state index is 12.6. The predicted octanol–water partition coefficient (Wildman–Crippen LogP) is 3.27. The SMILES string of the molecule is O=S(=O)(c1ccc(Br)s1)N1CCC(O)(Cc2ccccc2)CC1. The molecule has 2 aromatic rings. The zero-order valence-corrected chi connectivity index (χ0v) is 15.7. The molecule has 124 valence electrons. The first-order chi connectivity index (χ1) is 10.9. The summed E-state index contributed by atoms with van der Waals surface area (Å²) in [6.07, 6.45) is 1.47. The van der Waals surface area contributed by atoms with Gasteiger partial charge in [0, 0.05) is 19.5 Å². The van der Waals surface area contributed by atoms with Crippen LogP contribution < -0.4 is 0 Å². The molecule has 2 heterocycles. The average Bonchev–Trinajstić information content (AvgIpc) is 2.96. The Morgan fingerprint density at radius 1 is 1.13 bits per heavy atom. The molecule has 1 aromatic heterocycles. The summed E-state index contributed by atoms with van der Waals surface area (Å²) in [4.78, 5) is 0. The Labute approximate surface area is 148 Å². The smallest absolute Gasteiger partial charge is 0.252 e. The van der Waals surface area contributed by atoms with Gasteiger partial charge in [0.15, 0.2) is 0 Å². The van der Waals surface area contributed by atoms with E-state index in [0.717, 1.165) is 9.35 Å². The molecular weight excluding hydrogens is 398 g/mol. The van der Waals surface area contributed by atoms with Crippen LogP contribution in [-0.2, 0) is 16.4 Å². The normalized spacial score (nSPS) is 18.9. The molecule has 0 saturated carbocycles. The van der Waals surface area contributed by atoms with Gasteiger partial charge in [0.25, 0.3) is 10.0 Å². The minimum absolute atomic E-state index is 0.345. The molecular formula is C16H18BrNO3S2. The van der Waals surface area contributed by atoms with E-state index in [1.54, 1.807) is 12.1 Å². The molecule has 1 saturated heterocycles. The summed E-state index contributed by atoms with van der Waals surface area (Å²) in [7, 11) is -3.45. The third-order valence-electron chi connectivity index (χ3n) is 4.17. The van der Waals surface area contributed by atoms with Gasteiger partial charge in [-0.1, -0.05) is 30.3 Å². The molecule has 23 heavy (non-hydrogen) atoms. The second kappa shape index (κ2) is 6.64.